The van der Waals surface area contributed by atoms with Gasteiger partial charge in [-0.15, -0.1) is 0 Å². The van der Waals surface area contributed by atoms with Crippen molar-refractivity contribution < 1.29 is 9.63 Å². The smallest absolute Gasteiger partial charge is 0.138 e. The van der Waals surface area contributed by atoms with E-state index in [-0.39, 0.29) is 18.1 Å². The first-order chi connectivity index (χ1) is 7.77. The molecule has 1 rings (SSSR count). The monoisotopic (exact) mass is 240 g/mol. The fourth-order valence-electron chi connectivity index (χ4n) is 2.16. The van der Waals surface area contributed by atoms with Gasteiger partial charge in [-0.05, 0) is 26.3 Å². The fourth-order valence-corrected chi connectivity index (χ4v) is 2.16. The lowest BCUT2D eigenvalue weighted by molar-refractivity contribution is 0.0610. The second kappa shape index (κ2) is 5.19. The molecule has 17 heavy (non-hydrogen) atoms. The molecule has 1 aromatic heterocycles. The molecule has 0 aliphatic carbocycles. The summed E-state index contributed by atoms with van der Waals surface area (Å²) in [6, 6.07) is 0.121. The minimum absolute atomic E-state index is 0.0441. The lowest BCUT2D eigenvalue weighted by Crippen LogP contribution is -2.44. The topological polar surface area (TPSA) is 49.5 Å². The van der Waals surface area contributed by atoms with Crippen LogP contribution in [-0.2, 0) is 6.54 Å². The van der Waals surface area contributed by atoms with Gasteiger partial charge in [-0.3, -0.25) is 4.90 Å². The van der Waals surface area contributed by atoms with Gasteiger partial charge in [-0.1, -0.05) is 25.9 Å². The Morgan fingerprint density at radius 1 is 1.35 bits per heavy atom. The van der Waals surface area contributed by atoms with Crippen molar-refractivity contribution >= 4 is 0 Å². The molecule has 0 aliphatic heterocycles. The Morgan fingerprint density at radius 2 is 1.94 bits per heavy atom. The van der Waals surface area contributed by atoms with E-state index in [9.17, 15) is 5.11 Å². The first-order valence-electron chi connectivity index (χ1n) is 6.00. The Bertz CT molecular complexity index is 346. The Hall–Kier alpha value is -0.870. The molecule has 0 aromatic carbocycles. The number of nitrogens with zero attached hydrogens (tertiary/aromatic N) is 2. The van der Waals surface area contributed by atoms with E-state index in [1.807, 2.05) is 20.9 Å². The number of aromatic nitrogens is 1. The summed E-state index contributed by atoms with van der Waals surface area (Å²) in [5.41, 5.74) is 2.10. The van der Waals surface area contributed by atoms with Crippen LogP contribution in [0.2, 0.25) is 0 Å². The van der Waals surface area contributed by atoms with Crippen LogP contribution in [0.3, 0.4) is 0 Å². The molecule has 4 heteroatoms. The van der Waals surface area contributed by atoms with Crippen LogP contribution in [0.4, 0.5) is 0 Å². The SMILES string of the molecule is Cc1noc(C)c1CN(C)C(CO)C(C)(C)C. The summed E-state index contributed by atoms with van der Waals surface area (Å²) in [5.74, 6) is 0.861. The van der Waals surface area contributed by atoms with Crippen LogP contribution >= 0.6 is 0 Å². The third-order valence-corrected chi connectivity index (χ3v) is 3.29. The maximum absolute atomic E-state index is 9.52. The minimum Gasteiger partial charge on any atom is -0.395 e. The molecule has 1 heterocycles. The third-order valence-electron chi connectivity index (χ3n) is 3.29. The van der Waals surface area contributed by atoms with Crippen LogP contribution in [0.15, 0.2) is 4.52 Å². The molecular formula is C13H24N2O2. The summed E-state index contributed by atoms with van der Waals surface area (Å²) >= 11 is 0. The second-order valence-electron chi connectivity index (χ2n) is 5.78. The lowest BCUT2D eigenvalue weighted by Gasteiger charge is -2.36. The van der Waals surface area contributed by atoms with E-state index in [2.05, 4.69) is 30.8 Å². The van der Waals surface area contributed by atoms with Gasteiger partial charge in [-0.25, -0.2) is 0 Å². The normalized spacial score (nSPS) is 14.4. The Kier molecular flexibility index (Phi) is 4.33. The summed E-state index contributed by atoms with van der Waals surface area (Å²) < 4.78 is 5.16. The molecule has 0 radical (unpaired) electrons. The maximum atomic E-state index is 9.52. The average molecular weight is 240 g/mol. The summed E-state index contributed by atoms with van der Waals surface area (Å²) in [4.78, 5) is 2.16. The van der Waals surface area contributed by atoms with Gasteiger partial charge < -0.3 is 9.63 Å². The molecular weight excluding hydrogens is 216 g/mol. The van der Waals surface area contributed by atoms with Crippen molar-refractivity contribution in [1.82, 2.24) is 10.1 Å². The molecule has 1 aromatic rings. The van der Waals surface area contributed by atoms with E-state index in [1.54, 1.807) is 0 Å². The fraction of sp³-hybridized carbons (Fsp3) is 0.769. The molecule has 1 atom stereocenters. The van der Waals surface area contributed by atoms with Crippen LogP contribution in [0.5, 0.6) is 0 Å². The number of aliphatic hydroxyl groups excluding tert-OH is 1. The van der Waals surface area contributed by atoms with Crippen LogP contribution < -0.4 is 0 Å². The van der Waals surface area contributed by atoms with Crippen LogP contribution in [0, 0.1) is 19.3 Å². The molecule has 0 bridgehead atoms. The van der Waals surface area contributed by atoms with Crippen LogP contribution in [-0.4, -0.2) is 34.9 Å². The lowest BCUT2D eigenvalue weighted by atomic mass is 9.86. The van der Waals surface area contributed by atoms with Gasteiger partial charge in [0.05, 0.1) is 12.3 Å². The minimum atomic E-state index is 0.0441. The molecule has 98 valence electrons. The zero-order valence-corrected chi connectivity index (χ0v) is 11.7. The summed E-state index contributed by atoms with van der Waals surface area (Å²) in [6.07, 6.45) is 0. The van der Waals surface area contributed by atoms with Crippen molar-refractivity contribution in [3.63, 3.8) is 0 Å². The van der Waals surface area contributed by atoms with Crippen molar-refractivity contribution in [1.29, 1.82) is 0 Å². The number of rotatable bonds is 4. The molecule has 0 saturated carbocycles. The average Bonchev–Trinajstić information content (AvgIpc) is 2.48. The summed E-state index contributed by atoms with van der Waals surface area (Å²) in [6.45, 7) is 11.2. The highest BCUT2D eigenvalue weighted by Crippen LogP contribution is 2.25. The van der Waals surface area contributed by atoms with Crippen molar-refractivity contribution in [2.24, 2.45) is 5.41 Å². The van der Waals surface area contributed by atoms with Crippen LogP contribution in [0.1, 0.15) is 37.8 Å². The standard InChI is InChI=1S/C13H24N2O2/c1-9-11(10(2)17-14-9)7-15(6)12(8-16)13(3,4)5/h12,16H,7-8H2,1-6H3. The largest absolute Gasteiger partial charge is 0.395 e. The van der Waals surface area contributed by atoms with Gasteiger partial charge in [0.25, 0.3) is 0 Å². The zero-order valence-electron chi connectivity index (χ0n) is 11.7. The first kappa shape index (κ1) is 14.2. The molecule has 0 spiro atoms. The van der Waals surface area contributed by atoms with E-state index in [0.29, 0.717) is 0 Å². The van der Waals surface area contributed by atoms with Crippen LogP contribution in [0.25, 0.3) is 0 Å². The third kappa shape index (κ3) is 3.30. The highest BCUT2D eigenvalue weighted by Gasteiger charge is 2.28. The van der Waals surface area contributed by atoms with Gasteiger partial charge >= 0.3 is 0 Å². The molecule has 4 nitrogen and oxygen atoms in total. The van der Waals surface area contributed by atoms with E-state index < -0.39 is 0 Å². The van der Waals surface area contributed by atoms with Crippen molar-refractivity contribution in [2.45, 2.75) is 47.2 Å². The number of hydrogen-bond donors (Lipinski definition) is 1. The zero-order chi connectivity index (χ0) is 13.2. The van der Waals surface area contributed by atoms with Crippen molar-refractivity contribution in [3.8, 4) is 0 Å². The molecule has 1 N–H and O–H groups in total. The quantitative estimate of drug-likeness (QED) is 0.876. The van der Waals surface area contributed by atoms with Gasteiger partial charge in [0.1, 0.15) is 5.76 Å². The maximum Gasteiger partial charge on any atom is 0.138 e. The Morgan fingerprint density at radius 3 is 2.29 bits per heavy atom. The molecule has 1 unspecified atom stereocenters. The Labute approximate surface area is 104 Å². The predicted octanol–water partition coefficient (Wildman–Crippen LogP) is 2.13. The summed E-state index contributed by atoms with van der Waals surface area (Å²) in [7, 11) is 2.03. The highest BCUT2D eigenvalue weighted by atomic mass is 16.5. The number of likely N-dealkylation sites (N-methyl/N-ethyl adjacent to an activating group) is 1. The predicted molar refractivity (Wildman–Crippen MR) is 67.8 cm³/mol. The number of hydrogen-bond acceptors (Lipinski definition) is 4. The molecule has 0 fully saturated rings. The highest BCUT2D eigenvalue weighted by molar-refractivity contribution is 5.20. The van der Waals surface area contributed by atoms with Crippen molar-refractivity contribution in [3.05, 3.63) is 17.0 Å². The van der Waals surface area contributed by atoms with Crippen molar-refractivity contribution in [2.75, 3.05) is 13.7 Å². The number of aryl methyl sites for hydroxylation is 2. The summed E-state index contributed by atoms with van der Waals surface area (Å²) in [5, 5.41) is 13.5. The first-order valence-corrected chi connectivity index (χ1v) is 6.00. The Balaban J connectivity index is 2.81. The van der Waals surface area contributed by atoms with Gasteiger partial charge in [0.2, 0.25) is 0 Å². The molecule has 0 amide bonds. The van der Waals surface area contributed by atoms with E-state index in [1.165, 1.54) is 0 Å². The van der Waals surface area contributed by atoms with E-state index in [0.717, 1.165) is 23.6 Å². The van der Waals surface area contributed by atoms with Gasteiger partial charge in [0.15, 0.2) is 0 Å². The molecule has 0 saturated heterocycles. The molecule has 0 aliphatic rings. The van der Waals surface area contributed by atoms with E-state index in [4.69, 9.17) is 4.52 Å². The number of aliphatic hydroxyl groups is 1. The van der Waals surface area contributed by atoms with Gasteiger partial charge in [0, 0.05) is 18.2 Å². The second-order valence-corrected chi connectivity index (χ2v) is 5.78. The van der Waals surface area contributed by atoms with E-state index >= 15 is 0 Å². The van der Waals surface area contributed by atoms with Gasteiger partial charge in [-0.2, -0.15) is 0 Å².